The Labute approximate surface area is 137 Å². The van der Waals surface area contributed by atoms with E-state index in [0.29, 0.717) is 6.54 Å². The molecular formula is C20H21N3. The molecule has 23 heavy (non-hydrogen) atoms. The average molecular weight is 303 g/mol. The lowest BCUT2D eigenvalue weighted by Gasteiger charge is -2.33. The summed E-state index contributed by atoms with van der Waals surface area (Å²) in [6, 6.07) is 28.6. The van der Waals surface area contributed by atoms with Gasteiger partial charge in [0.05, 0.1) is 6.04 Å². The van der Waals surface area contributed by atoms with Gasteiger partial charge in [0.25, 0.3) is 0 Å². The van der Waals surface area contributed by atoms with Crippen molar-refractivity contribution in [1.82, 2.24) is 0 Å². The first-order valence-corrected chi connectivity index (χ1v) is 7.74. The fraction of sp³-hybridized carbons (Fsp3) is 0.100. The van der Waals surface area contributed by atoms with Crippen LogP contribution in [-0.2, 0) is 0 Å². The van der Waals surface area contributed by atoms with Gasteiger partial charge < -0.3 is 16.4 Å². The molecule has 4 N–H and O–H groups in total. The quantitative estimate of drug-likeness (QED) is 0.697. The summed E-state index contributed by atoms with van der Waals surface area (Å²) in [5, 5.41) is 0. The molecule has 3 aromatic carbocycles. The maximum Gasteiger partial charge on any atom is 0.0713 e. The second kappa shape index (κ2) is 6.99. The van der Waals surface area contributed by atoms with Crippen LogP contribution in [-0.4, -0.2) is 6.54 Å². The van der Waals surface area contributed by atoms with Gasteiger partial charge in [-0.25, -0.2) is 0 Å². The lowest BCUT2D eigenvalue weighted by Crippen LogP contribution is -2.30. The number of hydrogen-bond acceptors (Lipinski definition) is 3. The van der Waals surface area contributed by atoms with Crippen LogP contribution in [0.1, 0.15) is 11.6 Å². The highest BCUT2D eigenvalue weighted by Crippen LogP contribution is 2.35. The van der Waals surface area contributed by atoms with E-state index in [1.54, 1.807) is 0 Å². The van der Waals surface area contributed by atoms with Crippen molar-refractivity contribution in [2.45, 2.75) is 6.04 Å². The summed E-state index contributed by atoms with van der Waals surface area (Å²) in [6.07, 6.45) is 0. The lowest BCUT2D eigenvalue weighted by atomic mass is 10.0. The average Bonchev–Trinajstić information content (AvgIpc) is 2.61. The molecule has 0 aliphatic heterocycles. The van der Waals surface area contributed by atoms with Crippen molar-refractivity contribution in [3.63, 3.8) is 0 Å². The summed E-state index contributed by atoms with van der Waals surface area (Å²) in [7, 11) is 0. The van der Waals surface area contributed by atoms with E-state index in [1.165, 1.54) is 5.56 Å². The van der Waals surface area contributed by atoms with Gasteiger partial charge in [0.15, 0.2) is 0 Å². The fourth-order valence-corrected chi connectivity index (χ4v) is 2.84. The smallest absolute Gasteiger partial charge is 0.0713 e. The molecule has 0 aromatic heterocycles. The lowest BCUT2D eigenvalue weighted by molar-refractivity contribution is 0.707. The first-order chi connectivity index (χ1) is 11.3. The highest BCUT2D eigenvalue weighted by atomic mass is 15.2. The van der Waals surface area contributed by atoms with E-state index >= 15 is 0 Å². The largest absolute Gasteiger partial charge is 0.399 e. The molecule has 1 atom stereocenters. The number of nitrogens with two attached hydrogens (primary N) is 2. The van der Waals surface area contributed by atoms with Crippen molar-refractivity contribution >= 4 is 17.1 Å². The molecule has 1 unspecified atom stereocenters. The van der Waals surface area contributed by atoms with Crippen LogP contribution in [0.2, 0.25) is 0 Å². The molecule has 0 spiro atoms. The van der Waals surface area contributed by atoms with Crippen LogP contribution < -0.4 is 16.4 Å². The normalized spacial score (nSPS) is 11.9. The van der Waals surface area contributed by atoms with Gasteiger partial charge in [0, 0.05) is 23.6 Å². The maximum atomic E-state index is 6.15. The third kappa shape index (κ3) is 3.35. The summed E-state index contributed by atoms with van der Waals surface area (Å²) in [5.74, 6) is 0. The van der Waals surface area contributed by atoms with Crippen LogP contribution in [0.4, 0.5) is 17.1 Å². The van der Waals surface area contributed by atoms with Gasteiger partial charge in [-0.2, -0.15) is 0 Å². The molecule has 0 saturated carbocycles. The van der Waals surface area contributed by atoms with Crippen LogP contribution in [0.3, 0.4) is 0 Å². The zero-order valence-electron chi connectivity index (χ0n) is 13.0. The zero-order valence-corrected chi connectivity index (χ0v) is 13.0. The molecule has 3 heteroatoms. The Kier molecular flexibility index (Phi) is 4.60. The van der Waals surface area contributed by atoms with Crippen LogP contribution in [0.5, 0.6) is 0 Å². The second-order valence-electron chi connectivity index (χ2n) is 5.46. The van der Waals surface area contributed by atoms with E-state index in [2.05, 4.69) is 35.2 Å². The minimum absolute atomic E-state index is 0.0420. The van der Waals surface area contributed by atoms with Crippen molar-refractivity contribution in [3.8, 4) is 0 Å². The first-order valence-electron chi connectivity index (χ1n) is 7.74. The van der Waals surface area contributed by atoms with Crippen LogP contribution in [0.15, 0.2) is 84.9 Å². The van der Waals surface area contributed by atoms with Gasteiger partial charge in [0.2, 0.25) is 0 Å². The predicted octanol–water partition coefficient (Wildman–Crippen LogP) is 4.11. The number of benzene rings is 3. The maximum absolute atomic E-state index is 6.15. The summed E-state index contributed by atoms with van der Waals surface area (Å²) >= 11 is 0. The molecule has 3 rings (SSSR count). The van der Waals surface area contributed by atoms with Crippen LogP contribution in [0.25, 0.3) is 0 Å². The predicted molar refractivity (Wildman–Crippen MR) is 97.7 cm³/mol. The summed E-state index contributed by atoms with van der Waals surface area (Å²) in [5.41, 5.74) is 16.2. The molecule has 116 valence electrons. The van der Waals surface area contributed by atoms with Crippen LogP contribution >= 0.6 is 0 Å². The van der Waals surface area contributed by atoms with Gasteiger partial charge in [-0.1, -0.05) is 54.6 Å². The molecule has 0 saturated heterocycles. The Hall–Kier alpha value is -2.78. The number of nitrogens with zero attached hydrogens (tertiary/aromatic N) is 1. The van der Waals surface area contributed by atoms with E-state index in [4.69, 9.17) is 11.5 Å². The summed E-state index contributed by atoms with van der Waals surface area (Å²) in [4.78, 5) is 2.24. The van der Waals surface area contributed by atoms with E-state index in [0.717, 1.165) is 17.1 Å². The van der Waals surface area contributed by atoms with Crippen LogP contribution in [0, 0.1) is 0 Å². The van der Waals surface area contributed by atoms with Gasteiger partial charge >= 0.3 is 0 Å². The zero-order chi connectivity index (χ0) is 16.1. The molecule has 0 fully saturated rings. The Morgan fingerprint density at radius 2 is 1.35 bits per heavy atom. The summed E-state index contributed by atoms with van der Waals surface area (Å²) < 4.78 is 0. The van der Waals surface area contributed by atoms with Crippen molar-refractivity contribution < 1.29 is 0 Å². The van der Waals surface area contributed by atoms with E-state index in [1.807, 2.05) is 54.6 Å². The third-order valence-electron chi connectivity index (χ3n) is 3.90. The van der Waals surface area contributed by atoms with E-state index in [-0.39, 0.29) is 6.04 Å². The Morgan fingerprint density at radius 1 is 0.739 bits per heavy atom. The molecule has 3 nitrogen and oxygen atoms in total. The van der Waals surface area contributed by atoms with Crippen molar-refractivity contribution in [2.75, 3.05) is 17.2 Å². The number of hydrogen-bond donors (Lipinski definition) is 2. The third-order valence-corrected chi connectivity index (χ3v) is 3.90. The SMILES string of the molecule is NCC(c1ccccc1)N(c1ccccc1)c1cccc(N)c1. The Bertz CT molecular complexity index is 741. The standard InChI is InChI=1S/C20H21N3/c21-15-20(16-8-3-1-4-9-16)23(18-11-5-2-6-12-18)19-13-7-10-17(22)14-19/h1-14,20H,15,21-22H2. The van der Waals surface area contributed by atoms with Crippen molar-refractivity contribution in [1.29, 1.82) is 0 Å². The molecule has 0 heterocycles. The van der Waals surface area contributed by atoms with Gasteiger partial charge in [-0.3, -0.25) is 0 Å². The molecule has 0 aliphatic rings. The topological polar surface area (TPSA) is 55.3 Å². The molecular weight excluding hydrogens is 282 g/mol. The van der Waals surface area contributed by atoms with E-state index < -0.39 is 0 Å². The number of anilines is 3. The minimum Gasteiger partial charge on any atom is -0.399 e. The van der Waals surface area contributed by atoms with Crippen molar-refractivity contribution in [2.24, 2.45) is 5.73 Å². The van der Waals surface area contributed by atoms with Crippen molar-refractivity contribution in [3.05, 3.63) is 90.5 Å². The van der Waals surface area contributed by atoms with E-state index in [9.17, 15) is 0 Å². The molecule has 0 aliphatic carbocycles. The first kappa shape index (κ1) is 15.1. The van der Waals surface area contributed by atoms with Gasteiger partial charge in [-0.05, 0) is 35.9 Å². The Balaban J connectivity index is 2.11. The molecule has 0 amide bonds. The number of para-hydroxylation sites is 1. The Morgan fingerprint density at radius 3 is 1.96 bits per heavy atom. The van der Waals surface area contributed by atoms with Gasteiger partial charge in [0.1, 0.15) is 0 Å². The molecule has 3 aromatic rings. The minimum atomic E-state index is 0.0420. The second-order valence-corrected chi connectivity index (χ2v) is 5.46. The number of nitrogen functional groups attached to an aromatic ring is 1. The highest BCUT2D eigenvalue weighted by molar-refractivity contribution is 5.68. The molecule has 0 radical (unpaired) electrons. The number of rotatable bonds is 5. The fourth-order valence-electron chi connectivity index (χ4n) is 2.84. The summed E-state index contributed by atoms with van der Waals surface area (Å²) in [6.45, 7) is 0.508. The monoisotopic (exact) mass is 303 g/mol. The van der Waals surface area contributed by atoms with Gasteiger partial charge in [-0.15, -0.1) is 0 Å². The molecule has 0 bridgehead atoms. The highest BCUT2D eigenvalue weighted by Gasteiger charge is 2.21.